The predicted molar refractivity (Wildman–Crippen MR) is 137 cm³/mol. The Morgan fingerprint density at radius 2 is 1.79 bits per heavy atom. The number of alkyl halides is 3. The van der Waals surface area contributed by atoms with Crippen LogP contribution in [0.3, 0.4) is 0 Å². The first-order chi connectivity index (χ1) is 18.7. The molecule has 0 aliphatic carbocycles. The minimum Gasteiger partial charge on any atom is -0.379 e. The Morgan fingerprint density at radius 3 is 2.46 bits per heavy atom. The minimum absolute atomic E-state index is 0.0296. The molecular weight excluding hydrogens is 514 g/mol. The highest BCUT2D eigenvalue weighted by atomic mass is 19.4. The number of carbonyl (C=O) groups is 1. The molecule has 202 valence electrons. The summed E-state index contributed by atoms with van der Waals surface area (Å²) in [6, 6.07) is 15.2. The number of rotatable bonds is 6. The van der Waals surface area contributed by atoms with Gasteiger partial charge in [-0.25, -0.2) is 9.37 Å². The molecule has 4 aromatic rings. The lowest BCUT2D eigenvalue weighted by molar-refractivity contribution is -0.137. The molecule has 2 aromatic heterocycles. The summed E-state index contributed by atoms with van der Waals surface area (Å²) < 4.78 is 62.9. The van der Waals surface area contributed by atoms with Gasteiger partial charge < -0.3 is 10.1 Å². The summed E-state index contributed by atoms with van der Waals surface area (Å²) in [6.45, 7) is 3.40. The lowest BCUT2D eigenvalue weighted by Gasteiger charge is -2.26. The van der Waals surface area contributed by atoms with Crippen LogP contribution in [-0.2, 0) is 24.5 Å². The molecule has 0 atom stereocenters. The number of ether oxygens (including phenoxy) is 1. The minimum atomic E-state index is -4.84. The quantitative estimate of drug-likeness (QED) is 0.333. The van der Waals surface area contributed by atoms with Gasteiger partial charge in [0.25, 0.3) is 5.91 Å². The number of pyridine rings is 1. The number of carbonyl (C=O) groups excluding carboxylic acids is 1. The first-order valence-electron chi connectivity index (χ1n) is 12.3. The molecule has 0 saturated carbocycles. The fraction of sp³-hybridized carbons (Fsp3) is 0.250. The second kappa shape index (κ2) is 11.0. The van der Waals surface area contributed by atoms with Crippen molar-refractivity contribution >= 4 is 11.6 Å². The molecule has 1 N–H and O–H groups in total. The summed E-state index contributed by atoms with van der Waals surface area (Å²) in [5.74, 6) is -2.20. The van der Waals surface area contributed by atoms with Crippen molar-refractivity contribution in [3.8, 4) is 22.5 Å². The van der Waals surface area contributed by atoms with Crippen molar-refractivity contribution in [2.75, 3.05) is 31.6 Å². The van der Waals surface area contributed by atoms with E-state index in [0.29, 0.717) is 37.2 Å². The van der Waals surface area contributed by atoms with Gasteiger partial charge in [-0.1, -0.05) is 30.3 Å². The summed E-state index contributed by atoms with van der Waals surface area (Å²) in [6.07, 6.45) is -3.38. The third-order valence-corrected chi connectivity index (χ3v) is 6.38. The summed E-state index contributed by atoms with van der Waals surface area (Å²) in [5.41, 5.74) is 0.0810. The molecule has 0 radical (unpaired) electrons. The van der Waals surface area contributed by atoms with E-state index in [0.717, 1.165) is 30.4 Å². The molecule has 11 heteroatoms. The smallest absolute Gasteiger partial charge is 0.379 e. The van der Waals surface area contributed by atoms with E-state index in [1.54, 1.807) is 19.2 Å². The fourth-order valence-electron chi connectivity index (χ4n) is 4.44. The van der Waals surface area contributed by atoms with Gasteiger partial charge in [0, 0.05) is 44.0 Å². The molecule has 5 rings (SSSR count). The van der Waals surface area contributed by atoms with Crippen LogP contribution in [0.5, 0.6) is 0 Å². The third-order valence-electron chi connectivity index (χ3n) is 6.38. The SMILES string of the molecule is Cn1ccc(-c2cc(C(=O)Nc3ccc(CN4CCOCC4)nc3-c3ccccc3)c(F)cc2C(F)(F)F)n1. The van der Waals surface area contributed by atoms with E-state index in [9.17, 15) is 22.4 Å². The number of hydrogen-bond acceptors (Lipinski definition) is 5. The molecule has 7 nitrogen and oxygen atoms in total. The van der Waals surface area contributed by atoms with Crippen LogP contribution in [0.1, 0.15) is 21.6 Å². The van der Waals surface area contributed by atoms with Gasteiger partial charge in [0.1, 0.15) is 5.82 Å². The van der Waals surface area contributed by atoms with Crippen molar-refractivity contribution in [3.05, 3.63) is 89.5 Å². The van der Waals surface area contributed by atoms with E-state index in [1.165, 1.54) is 16.9 Å². The molecule has 0 unspecified atom stereocenters. The fourth-order valence-corrected chi connectivity index (χ4v) is 4.44. The highest BCUT2D eigenvalue weighted by Gasteiger charge is 2.36. The molecule has 3 heterocycles. The zero-order chi connectivity index (χ0) is 27.6. The number of hydrogen-bond donors (Lipinski definition) is 1. The maximum atomic E-state index is 15.0. The van der Waals surface area contributed by atoms with E-state index < -0.39 is 34.6 Å². The Balaban J connectivity index is 1.50. The lowest BCUT2D eigenvalue weighted by Crippen LogP contribution is -2.35. The number of aromatic nitrogens is 3. The highest BCUT2D eigenvalue weighted by Crippen LogP contribution is 2.38. The zero-order valence-electron chi connectivity index (χ0n) is 21.0. The maximum Gasteiger partial charge on any atom is 0.417 e. The van der Waals surface area contributed by atoms with Crippen LogP contribution < -0.4 is 5.32 Å². The number of anilines is 1. The van der Waals surface area contributed by atoms with Crippen molar-refractivity contribution in [2.45, 2.75) is 12.7 Å². The Bertz CT molecular complexity index is 1480. The monoisotopic (exact) mass is 539 g/mol. The van der Waals surface area contributed by atoms with Gasteiger partial charge in [0.05, 0.1) is 47.1 Å². The number of nitrogens with zero attached hydrogens (tertiary/aromatic N) is 4. The first kappa shape index (κ1) is 26.5. The van der Waals surface area contributed by atoms with Gasteiger partial charge in [-0.3, -0.25) is 14.4 Å². The van der Waals surface area contributed by atoms with E-state index in [1.807, 2.05) is 30.3 Å². The third kappa shape index (κ3) is 5.99. The van der Waals surface area contributed by atoms with E-state index in [-0.39, 0.29) is 5.69 Å². The highest BCUT2D eigenvalue weighted by molar-refractivity contribution is 6.07. The maximum absolute atomic E-state index is 15.0. The van der Waals surface area contributed by atoms with Gasteiger partial charge >= 0.3 is 6.18 Å². The van der Waals surface area contributed by atoms with E-state index >= 15 is 0 Å². The molecule has 2 aromatic carbocycles. The average Bonchev–Trinajstić information content (AvgIpc) is 3.36. The van der Waals surface area contributed by atoms with Gasteiger partial charge in [-0.15, -0.1) is 0 Å². The molecular formula is C28H25F4N5O2. The van der Waals surface area contributed by atoms with Gasteiger partial charge in [0.2, 0.25) is 0 Å². The summed E-state index contributed by atoms with van der Waals surface area (Å²) >= 11 is 0. The van der Waals surface area contributed by atoms with Crippen LogP contribution in [0.15, 0.2) is 66.9 Å². The molecule has 1 fully saturated rings. The predicted octanol–water partition coefficient (Wildman–Crippen LogP) is 5.39. The Labute approximate surface area is 222 Å². The lowest BCUT2D eigenvalue weighted by atomic mass is 9.99. The molecule has 1 aliphatic rings. The zero-order valence-corrected chi connectivity index (χ0v) is 21.0. The number of benzene rings is 2. The summed E-state index contributed by atoms with van der Waals surface area (Å²) in [7, 11) is 1.55. The number of halogens is 4. The van der Waals surface area contributed by atoms with Crippen molar-refractivity contribution in [1.29, 1.82) is 0 Å². The number of amides is 1. The standard InChI is InChI=1S/C28H25F4N5O2/c1-36-10-9-24(35-36)20-15-21(23(29)16-22(20)28(30,31)32)27(38)34-25-8-7-19(17-37-11-13-39-14-12-37)33-26(25)18-5-3-2-4-6-18/h2-10,15-16H,11-14,17H2,1H3,(H,34,38). The topological polar surface area (TPSA) is 72.3 Å². The largest absolute Gasteiger partial charge is 0.417 e. The average molecular weight is 540 g/mol. The van der Waals surface area contributed by atoms with Gasteiger partial charge in [-0.05, 0) is 30.3 Å². The Hall–Kier alpha value is -4.09. The van der Waals surface area contributed by atoms with Crippen LogP contribution in [0.4, 0.5) is 23.2 Å². The Kier molecular flexibility index (Phi) is 7.45. The second-order valence-corrected chi connectivity index (χ2v) is 9.16. The molecule has 0 bridgehead atoms. The van der Waals surface area contributed by atoms with Crippen molar-refractivity contribution in [3.63, 3.8) is 0 Å². The van der Waals surface area contributed by atoms with Crippen LogP contribution in [0, 0.1) is 5.82 Å². The van der Waals surface area contributed by atoms with E-state index in [4.69, 9.17) is 9.72 Å². The Morgan fingerprint density at radius 1 is 1.05 bits per heavy atom. The van der Waals surface area contributed by atoms with Crippen molar-refractivity contribution < 1.29 is 27.1 Å². The van der Waals surface area contributed by atoms with Crippen molar-refractivity contribution in [1.82, 2.24) is 19.7 Å². The van der Waals surface area contributed by atoms with E-state index in [2.05, 4.69) is 15.3 Å². The van der Waals surface area contributed by atoms with Crippen LogP contribution in [0.25, 0.3) is 22.5 Å². The molecule has 0 spiro atoms. The normalized spacial score (nSPS) is 14.4. The molecule has 39 heavy (non-hydrogen) atoms. The second-order valence-electron chi connectivity index (χ2n) is 9.16. The molecule has 1 amide bonds. The van der Waals surface area contributed by atoms with Crippen molar-refractivity contribution in [2.24, 2.45) is 7.05 Å². The van der Waals surface area contributed by atoms with Crippen LogP contribution >= 0.6 is 0 Å². The van der Waals surface area contributed by atoms with Gasteiger partial charge in [0.15, 0.2) is 0 Å². The summed E-state index contributed by atoms with van der Waals surface area (Å²) in [5, 5.41) is 6.68. The van der Waals surface area contributed by atoms with Gasteiger partial charge in [-0.2, -0.15) is 18.3 Å². The van der Waals surface area contributed by atoms with Crippen LogP contribution in [-0.4, -0.2) is 51.9 Å². The number of nitrogens with one attached hydrogen (secondary N) is 1. The summed E-state index contributed by atoms with van der Waals surface area (Å²) in [4.78, 5) is 20.2. The number of morpholine rings is 1. The van der Waals surface area contributed by atoms with Crippen LogP contribution in [0.2, 0.25) is 0 Å². The first-order valence-corrected chi connectivity index (χ1v) is 12.3. The number of aryl methyl sites for hydroxylation is 1. The molecule has 1 saturated heterocycles. The molecule has 1 aliphatic heterocycles.